The van der Waals surface area contributed by atoms with Crippen molar-refractivity contribution in [3.8, 4) is 22.8 Å². The van der Waals surface area contributed by atoms with Gasteiger partial charge in [-0.05, 0) is 24.1 Å². The Morgan fingerprint density at radius 2 is 1.94 bits per heavy atom. The van der Waals surface area contributed by atoms with Crippen molar-refractivity contribution in [3.05, 3.63) is 60.6 Å². The SMILES string of the molecule is CCC(NC(=O)C1CC(=O)N(c2ccc(OC)c(OC)c2)C1)c1ncc(-c2ccccc2)[nH]1. The molecule has 2 heterocycles. The summed E-state index contributed by atoms with van der Waals surface area (Å²) in [6, 6.07) is 14.9. The molecule has 2 amide bonds. The van der Waals surface area contributed by atoms with Gasteiger partial charge in [-0.1, -0.05) is 37.3 Å². The number of nitrogens with zero attached hydrogens (tertiary/aromatic N) is 2. The van der Waals surface area contributed by atoms with Crippen LogP contribution in [0.3, 0.4) is 0 Å². The fourth-order valence-electron chi connectivity index (χ4n) is 4.06. The highest BCUT2D eigenvalue weighted by Gasteiger charge is 2.36. The van der Waals surface area contributed by atoms with E-state index in [4.69, 9.17) is 9.47 Å². The topological polar surface area (TPSA) is 96.6 Å². The van der Waals surface area contributed by atoms with Crippen molar-refractivity contribution in [1.82, 2.24) is 15.3 Å². The zero-order valence-corrected chi connectivity index (χ0v) is 19.0. The number of carbonyl (C=O) groups is 2. The van der Waals surface area contributed by atoms with Gasteiger partial charge in [0.25, 0.3) is 0 Å². The molecular formula is C25H28N4O4. The molecule has 0 aliphatic carbocycles. The molecule has 1 aliphatic rings. The smallest absolute Gasteiger partial charge is 0.227 e. The molecular weight excluding hydrogens is 420 g/mol. The zero-order chi connectivity index (χ0) is 23.4. The quantitative estimate of drug-likeness (QED) is 0.548. The summed E-state index contributed by atoms with van der Waals surface area (Å²) in [5.41, 5.74) is 2.61. The maximum atomic E-state index is 13.0. The number of amides is 2. The lowest BCUT2D eigenvalue weighted by molar-refractivity contribution is -0.127. The summed E-state index contributed by atoms with van der Waals surface area (Å²) in [7, 11) is 3.11. The number of H-pyrrole nitrogens is 1. The normalized spacial score (nSPS) is 16.5. The number of benzene rings is 2. The van der Waals surface area contributed by atoms with Gasteiger partial charge in [0, 0.05) is 24.7 Å². The summed E-state index contributed by atoms with van der Waals surface area (Å²) < 4.78 is 10.6. The molecule has 3 aromatic rings. The van der Waals surface area contributed by atoms with E-state index in [1.54, 1.807) is 43.5 Å². The molecule has 0 radical (unpaired) electrons. The van der Waals surface area contributed by atoms with Gasteiger partial charge in [0.05, 0.1) is 38.1 Å². The molecule has 0 bridgehead atoms. The number of carbonyl (C=O) groups excluding carboxylic acids is 2. The molecule has 1 aliphatic heterocycles. The number of aromatic nitrogens is 2. The van der Waals surface area contributed by atoms with Gasteiger partial charge in [0.1, 0.15) is 5.82 Å². The van der Waals surface area contributed by atoms with Crippen LogP contribution in [0.1, 0.15) is 31.6 Å². The van der Waals surface area contributed by atoms with E-state index in [1.165, 1.54) is 0 Å². The molecule has 4 rings (SSSR count). The van der Waals surface area contributed by atoms with Crippen molar-refractivity contribution in [1.29, 1.82) is 0 Å². The molecule has 8 heteroatoms. The van der Waals surface area contributed by atoms with E-state index in [9.17, 15) is 9.59 Å². The predicted octanol–water partition coefficient (Wildman–Crippen LogP) is 3.71. The number of rotatable bonds is 8. The van der Waals surface area contributed by atoms with Gasteiger partial charge < -0.3 is 24.7 Å². The zero-order valence-electron chi connectivity index (χ0n) is 19.0. The molecule has 2 aromatic carbocycles. The maximum Gasteiger partial charge on any atom is 0.227 e. The van der Waals surface area contributed by atoms with Crippen LogP contribution in [-0.2, 0) is 9.59 Å². The first kappa shape index (κ1) is 22.4. The van der Waals surface area contributed by atoms with Gasteiger partial charge in [-0.2, -0.15) is 0 Å². The lowest BCUT2D eigenvalue weighted by atomic mass is 10.1. The lowest BCUT2D eigenvalue weighted by Gasteiger charge is -2.20. The van der Waals surface area contributed by atoms with Crippen LogP contribution >= 0.6 is 0 Å². The highest BCUT2D eigenvalue weighted by atomic mass is 16.5. The number of ether oxygens (including phenoxy) is 2. The summed E-state index contributed by atoms with van der Waals surface area (Å²) in [6.07, 6.45) is 2.61. The van der Waals surface area contributed by atoms with E-state index in [-0.39, 0.29) is 24.3 Å². The van der Waals surface area contributed by atoms with E-state index in [1.807, 2.05) is 37.3 Å². The van der Waals surface area contributed by atoms with Crippen LogP contribution < -0.4 is 19.7 Å². The van der Waals surface area contributed by atoms with Crippen LogP contribution in [0.15, 0.2) is 54.7 Å². The molecule has 172 valence electrons. The Labute approximate surface area is 192 Å². The van der Waals surface area contributed by atoms with E-state index in [0.717, 1.165) is 11.3 Å². The molecule has 0 saturated carbocycles. The third-order valence-electron chi connectivity index (χ3n) is 5.91. The van der Waals surface area contributed by atoms with Crippen molar-refractivity contribution >= 4 is 17.5 Å². The van der Waals surface area contributed by atoms with E-state index >= 15 is 0 Å². The van der Waals surface area contributed by atoms with Gasteiger partial charge in [-0.15, -0.1) is 0 Å². The van der Waals surface area contributed by atoms with Crippen LogP contribution in [0.4, 0.5) is 5.69 Å². The number of aromatic amines is 1. The second-order valence-corrected chi connectivity index (χ2v) is 7.96. The van der Waals surface area contributed by atoms with E-state index < -0.39 is 5.92 Å². The van der Waals surface area contributed by atoms with Crippen molar-refractivity contribution in [2.24, 2.45) is 5.92 Å². The summed E-state index contributed by atoms with van der Waals surface area (Å²) in [5, 5.41) is 3.07. The summed E-state index contributed by atoms with van der Waals surface area (Å²) in [6.45, 7) is 2.30. The van der Waals surface area contributed by atoms with Crippen LogP contribution in [0.2, 0.25) is 0 Å². The molecule has 2 unspecified atom stereocenters. The monoisotopic (exact) mass is 448 g/mol. The van der Waals surface area contributed by atoms with Gasteiger partial charge in [-0.3, -0.25) is 9.59 Å². The van der Waals surface area contributed by atoms with Crippen molar-refractivity contribution < 1.29 is 19.1 Å². The molecule has 2 atom stereocenters. The van der Waals surface area contributed by atoms with Gasteiger partial charge in [0.15, 0.2) is 11.5 Å². The van der Waals surface area contributed by atoms with E-state index in [2.05, 4.69) is 15.3 Å². The second kappa shape index (κ2) is 9.77. The largest absolute Gasteiger partial charge is 0.493 e. The Balaban J connectivity index is 1.44. The second-order valence-electron chi connectivity index (χ2n) is 7.96. The summed E-state index contributed by atoms with van der Waals surface area (Å²) >= 11 is 0. The predicted molar refractivity (Wildman–Crippen MR) is 125 cm³/mol. The minimum atomic E-state index is -0.441. The third kappa shape index (κ3) is 4.69. The molecule has 1 aromatic heterocycles. The Kier molecular flexibility index (Phi) is 6.63. The lowest BCUT2D eigenvalue weighted by Crippen LogP contribution is -2.35. The highest BCUT2D eigenvalue weighted by molar-refractivity contribution is 6.00. The number of methoxy groups -OCH3 is 2. The van der Waals surface area contributed by atoms with Crippen molar-refractivity contribution in [3.63, 3.8) is 0 Å². The number of anilines is 1. The molecule has 33 heavy (non-hydrogen) atoms. The highest BCUT2D eigenvalue weighted by Crippen LogP contribution is 2.34. The van der Waals surface area contributed by atoms with Crippen LogP contribution in [0.5, 0.6) is 11.5 Å². The minimum absolute atomic E-state index is 0.0974. The van der Waals surface area contributed by atoms with Crippen molar-refractivity contribution in [2.75, 3.05) is 25.7 Å². The van der Waals surface area contributed by atoms with E-state index in [0.29, 0.717) is 36.0 Å². The molecule has 2 N–H and O–H groups in total. The molecule has 0 spiro atoms. The average molecular weight is 449 g/mol. The number of nitrogens with one attached hydrogen (secondary N) is 2. The minimum Gasteiger partial charge on any atom is -0.493 e. The van der Waals surface area contributed by atoms with Gasteiger partial charge in [0.2, 0.25) is 11.8 Å². The molecule has 1 fully saturated rings. The Hall–Kier alpha value is -3.81. The summed E-state index contributed by atoms with van der Waals surface area (Å²) in [4.78, 5) is 35.1. The molecule has 8 nitrogen and oxygen atoms in total. The average Bonchev–Trinajstić information content (AvgIpc) is 3.50. The fourth-order valence-corrected chi connectivity index (χ4v) is 4.06. The number of imidazole rings is 1. The standard InChI is InChI=1S/C25H28N4O4/c1-4-19(24-26-14-20(27-24)16-8-6-5-7-9-16)28-25(31)17-12-23(30)29(15-17)18-10-11-21(32-2)22(13-18)33-3/h5-11,13-14,17,19H,4,12,15H2,1-3H3,(H,26,27)(H,28,31). The Morgan fingerprint density at radius 3 is 2.64 bits per heavy atom. The Bertz CT molecular complexity index is 1130. The third-order valence-corrected chi connectivity index (χ3v) is 5.91. The maximum absolute atomic E-state index is 13.0. The molecule has 1 saturated heterocycles. The first-order valence-electron chi connectivity index (χ1n) is 11.0. The Morgan fingerprint density at radius 1 is 1.18 bits per heavy atom. The van der Waals surface area contributed by atoms with Crippen LogP contribution in [0, 0.1) is 5.92 Å². The number of hydrogen-bond donors (Lipinski definition) is 2. The first-order valence-corrected chi connectivity index (χ1v) is 11.0. The van der Waals surface area contributed by atoms with Gasteiger partial charge >= 0.3 is 0 Å². The fraction of sp³-hybridized carbons (Fsp3) is 0.320. The van der Waals surface area contributed by atoms with Crippen molar-refractivity contribution in [2.45, 2.75) is 25.8 Å². The van der Waals surface area contributed by atoms with Crippen LogP contribution in [-0.4, -0.2) is 42.5 Å². The first-order chi connectivity index (χ1) is 16.0. The van der Waals surface area contributed by atoms with Crippen LogP contribution in [0.25, 0.3) is 11.3 Å². The summed E-state index contributed by atoms with van der Waals surface area (Å²) in [5.74, 6) is 1.12. The number of hydrogen-bond acceptors (Lipinski definition) is 5. The van der Waals surface area contributed by atoms with Gasteiger partial charge in [-0.25, -0.2) is 4.98 Å².